The molecule has 0 aromatic heterocycles. The van der Waals surface area contributed by atoms with Crippen LogP contribution in [0.1, 0.15) is 36.8 Å². The van der Waals surface area contributed by atoms with E-state index in [4.69, 9.17) is 4.74 Å². The van der Waals surface area contributed by atoms with E-state index in [-0.39, 0.29) is 18.2 Å². The van der Waals surface area contributed by atoms with Crippen molar-refractivity contribution in [2.24, 2.45) is 0 Å². The highest BCUT2D eigenvalue weighted by Gasteiger charge is 2.29. The smallest absolute Gasteiger partial charge is 0.407 e. The maximum Gasteiger partial charge on any atom is 0.407 e. The Balaban J connectivity index is 1.45. The largest absolute Gasteiger partial charge is 0.444 e. The van der Waals surface area contributed by atoms with Crippen molar-refractivity contribution in [2.75, 3.05) is 0 Å². The Labute approximate surface area is 165 Å². The molecule has 1 aliphatic rings. The van der Waals surface area contributed by atoms with Gasteiger partial charge in [-0.2, -0.15) is 0 Å². The second-order valence-electron chi connectivity index (χ2n) is 6.99. The summed E-state index contributed by atoms with van der Waals surface area (Å²) >= 11 is 0. The molecule has 6 heteroatoms. The Morgan fingerprint density at radius 2 is 1.39 bits per heavy atom. The summed E-state index contributed by atoms with van der Waals surface area (Å²) in [6, 6.07) is 19.0. The average Bonchev–Trinajstić information content (AvgIpc) is 2.74. The minimum Gasteiger partial charge on any atom is -0.444 e. The summed E-state index contributed by atoms with van der Waals surface area (Å²) < 4.78 is 5.60. The van der Waals surface area contributed by atoms with Crippen LogP contribution in [0.4, 0.5) is 9.59 Å². The van der Waals surface area contributed by atoms with E-state index in [1.807, 2.05) is 60.7 Å². The number of alkyl carbamates (subject to hydrolysis) is 1. The topological polar surface area (TPSA) is 79.5 Å². The Bertz CT molecular complexity index is 687. The van der Waals surface area contributed by atoms with Crippen molar-refractivity contribution in [3.8, 4) is 0 Å². The summed E-state index contributed by atoms with van der Waals surface area (Å²) in [4.78, 5) is 24.4. The SMILES string of the molecule is O=C(NCc1ccccc1)NC1CCCCC1OC(=O)NCc1ccccc1. The first kappa shape index (κ1) is 19.7. The molecule has 28 heavy (non-hydrogen) atoms. The van der Waals surface area contributed by atoms with E-state index in [2.05, 4.69) is 16.0 Å². The summed E-state index contributed by atoms with van der Waals surface area (Å²) in [5.41, 5.74) is 2.05. The van der Waals surface area contributed by atoms with Gasteiger partial charge >= 0.3 is 12.1 Å². The van der Waals surface area contributed by atoms with E-state index in [1.165, 1.54) is 0 Å². The number of rotatable bonds is 6. The molecule has 2 unspecified atom stereocenters. The molecule has 0 aliphatic heterocycles. The van der Waals surface area contributed by atoms with Gasteiger partial charge in [0.15, 0.2) is 0 Å². The van der Waals surface area contributed by atoms with Crippen molar-refractivity contribution in [3.05, 3.63) is 71.8 Å². The molecule has 3 rings (SSSR count). The van der Waals surface area contributed by atoms with E-state index in [1.54, 1.807) is 0 Å². The zero-order valence-electron chi connectivity index (χ0n) is 15.9. The third kappa shape index (κ3) is 6.30. The Kier molecular flexibility index (Phi) is 7.29. The fourth-order valence-electron chi connectivity index (χ4n) is 3.35. The molecule has 6 nitrogen and oxygen atoms in total. The predicted octanol–water partition coefficient (Wildman–Crippen LogP) is 3.72. The molecule has 0 spiro atoms. The maximum atomic E-state index is 12.2. The lowest BCUT2D eigenvalue weighted by atomic mass is 9.92. The lowest BCUT2D eigenvalue weighted by molar-refractivity contribution is 0.0545. The second-order valence-corrected chi connectivity index (χ2v) is 6.99. The molecule has 148 valence electrons. The lowest BCUT2D eigenvalue weighted by Crippen LogP contribution is -2.50. The van der Waals surface area contributed by atoms with Gasteiger partial charge in [0.2, 0.25) is 0 Å². The van der Waals surface area contributed by atoms with E-state index < -0.39 is 6.09 Å². The normalized spacial score (nSPS) is 18.7. The first-order valence-corrected chi connectivity index (χ1v) is 9.77. The first-order valence-electron chi connectivity index (χ1n) is 9.77. The van der Waals surface area contributed by atoms with Crippen LogP contribution in [0.5, 0.6) is 0 Å². The van der Waals surface area contributed by atoms with Crippen LogP contribution in [0.25, 0.3) is 0 Å². The second kappa shape index (κ2) is 10.3. The van der Waals surface area contributed by atoms with Crippen molar-refractivity contribution in [1.29, 1.82) is 0 Å². The fraction of sp³-hybridized carbons (Fsp3) is 0.364. The quantitative estimate of drug-likeness (QED) is 0.713. The molecule has 1 aliphatic carbocycles. The van der Waals surface area contributed by atoms with Gasteiger partial charge in [0.1, 0.15) is 6.10 Å². The van der Waals surface area contributed by atoms with Gasteiger partial charge in [0.25, 0.3) is 0 Å². The molecule has 1 fully saturated rings. The molecule has 2 atom stereocenters. The molecule has 2 aromatic carbocycles. The number of hydrogen-bond donors (Lipinski definition) is 3. The summed E-state index contributed by atoms with van der Waals surface area (Å²) in [5, 5.41) is 8.60. The van der Waals surface area contributed by atoms with Crippen LogP contribution < -0.4 is 16.0 Å². The molecule has 0 saturated heterocycles. The molecule has 0 bridgehead atoms. The number of carbonyl (C=O) groups excluding carboxylic acids is 2. The van der Waals surface area contributed by atoms with Gasteiger partial charge in [-0.1, -0.05) is 67.1 Å². The fourth-order valence-corrected chi connectivity index (χ4v) is 3.35. The highest BCUT2D eigenvalue weighted by Crippen LogP contribution is 2.21. The third-order valence-electron chi connectivity index (χ3n) is 4.85. The van der Waals surface area contributed by atoms with E-state index in [9.17, 15) is 9.59 Å². The van der Waals surface area contributed by atoms with E-state index in [0.29, 0.717) is 13.1 Å². The first-order chi connectivity index (χ1) is 13.7. The van der Waals surface area contributed by atoms with Crippen molar-refractivity contribution in [1.82, 2.24) is 16.0 Å². The summed E-state index contributed by atoms with van der Waals surface area (Å²) in [6.07, 6.45) is 2.78. The van der Waals surface area contributed by atoms with Crippen LogP contribution in [0.15, 0.2) is 60.7 Å². The number of amides is 3. The monoisotopic (exact) mass is 381 g/mol. The van der Waals surface area contributed by atoms with Gasteiger partial charge in [-0.25, -0.2) is 9.59 Å². The van der Waals surface area contributed by atoms with Crippen molar-refractivity contribution >= 4 is 12.1 Å². The van der Waals surface area contributed by atoms with Crippen LogP contribution >= 0.6 is 0 Å². The molecule has 2 aromatic rings. The zero-order chi connectivity index (χ0) is 19.6. The zero-order valence-corrected chi connectivity index (χ0v) is 15.9. The molecular weight excluding hydrogens is 354 g/mol. The predicted molar refractivity (Wildman–Crippen MR) is 108 cm³/mol. The summed E-state index contributed by atoms with van der Waals surface area (Å²) in [7, 11) is 0. The number of nitrogens with one attached hydrogen (secondary N) is 3. The summed E-state index contributed by atoms with van der Waals surface area (Å²) in [5.74, 6) is 0. The number of benzene rings is 2. The molecule has 1 saturated carbocycles. The highest BCUT2D eigenvalue weighted by molar-refractivity contribution is 5.74. The van der Waals surface area contributed by atoms with E-state index in [0.717, 1.165) is 36.8 Å². The average molecular weight is 381 g/mol. The molecule has 0 radical (unpaired) electrons. The molecule has 3 N–H and O–H groups in total. The van der Waals surface area contributed by atoms with Gasteiger partial charge in [-0.05, 0) is 30.4 Å². The minimum absolute atomic E-state index is 0.174. The number of ether oxygens (including phenoxy) is 1. The van der Waals surface area contributed by atoms with E-state index >= 15 is 0 Å². The lowest BCUT2D eigenvalue weighted by Gasteiger charge is -2.31. The van der Waals surface area contributed by atoms with Crippen molar-refractivity contribution < 1.29 is 14.3 Å². The van der Waals surface area contributed by atoms with Crippen LogP contribution in [0.3, 0.4) is 0 Å². The van der Waals surface area contributed by atoms with Crippen LogP contribution in [-0.2, 0) is 17.8 Å². The molecular formula is C22H27N3O3. The third-order valence-corrected chi connectivity index (χ3v) is 4.85. The van der Waals surface area contributed by atoms with Gasteiger partial charge < -0.3 is 20.7 Å². The number of hydrogen-bond acceptors (Lipinski definition) is 3. The van der Waals surface area contributed by atoms with Gasteiger partial charge in [0.05, 0.1) is 6.04 Å². The number of carbonyl (C=O) groups is 2. The highest BCUT2D eigenvalue weighted by atomic mass is 16.6. The minimum atomic E-state index is -0.452. The van der Waals surface area contributed by atoms with Gasteiger partial charge in [-0.3, -0.25) is 0 Å². The van der Waals surface area contributed by atoms with Gasteiger partial charge in [-0.15, -0.1) is 0 Å². The van der Waals surface area contributed by atoms with Crippen molar-refractivity contribution in [3.63, 3.8) is 0 Å². The summed E-state index contributed by atoms with van der Waals surface area (Å²) in [6.45, 7) is 0.879. The standard InChI is InChI=1S/C22H27N3O3/c26-21(23-15-17-9-3-1-4-10-17)25-19-13-7-8-14-20(19)28-22(27)24-16-18-11-5-2-6-12-18/h1-6,9-12,19-20H,7-8,13-16H2,(H,24,27)(H2,23,25,26). The molecule has 0 heterocycles. The maximum absolute atomic E-state index is 12.2. The van der Waals surface area contributed by atoms with Gasteiger partial charge in [0, 0.05) is 13.1 Å². The van der Waals surface area contributed by atoms with Crippen molar-refractivity contribution in [2.45, 2.75) is 50.9 Å². The van der Waals surface area contributed by atoms with Crippen LogP contribution in [-0.4, -0.2) is 24.3 Å². The molecule has 3 amide bonds. The Morgan fingerprint density at radius 3 is 2.04 bits per heavy atom. The number of urea groups is 1. The Morgan fingerprint density at radius 1 is 0.821 bits per heavy atom. The van der Waals surface area contributed by atoms with Crippen LogP contribution in [0.2, 0.25) is 0 Å². The van der Waals surface area contributed by atoms with Crippen LogP contribution in [0, 0.1) is 0 Å². The Hall–Kier alpha value is -3.02.